The Morgan fingerprint density at radius 1 is 1.03 bits per heavy atom. The molecule has 0 aliphatic carbocycles. The number of nitrogens with zero attached hydrogens (tertiary/aromatic N) is 6. The number of morpholine rings is 1. The molecule has 5 heterocycles. The maximum absolute atomic E-state index is 12.4. The largest absolute Gasteiger partial charge is 0.384 e. The van der Waals surface area contributed by atoms with Gasteiger partial charge in [-0.05, 0) is 56.2 Å². The normalized spacial score (nSPS) is 19.0. The number of rotatable bonds is 5. The molecule has 11 nitrogen and oxygen atoms in total. The molecule has 6 rings (SSSR count). The lowest BCUT2D eigenvalue weighted by atomic mass is 10.2. The fraction of sp³-hybridized carbons (Fsp3) is 0.320. The van der Waals surface area contributed by atoms with E-state index >= 15 is 0 Å². The summed E-state index contributed by atoms with van der Waals surface area (Å²) in [5, 5.41) is 11.0. The highest BCUT2D eigenvalue weighted by atomic mass is 16.5. The first-order valence-corrected chi connectivity index (χ1v) is 12.1. The van der Waals surface area contributed by atoms with E-state index in [2.05, 4.69) is 32.5 Å². The minimum absolute atomic E-state index is 0.249. The number of hydrogen-bond donors (Lipinski definition) is 3. The lowest BCUT2D eigenvalue weighted by Crippen LogP contribution is -2.43. The van der Waals surface area contributed by atoms with Gasteiger partial charge in [-0.3, -0.25) is 0 Å². The first-order valence-electron chi connectivity index (χ1n) is 12.1. The summed E-state index contributed by atoms with van der Waals surface area (Å²) in [6.45, 7) is 4.41. The van der Waals surface area contributed by atoms with Crippen LogP contribution in [0.25, 0.3) is 22.4 Å². The Morgan fingerprint density at radius 2 is 1.75 bits per heavy atom. The topological polar surface area (TPSA) is 136 Å². The molecule has 2 saturated heterocycles. The number of amides is 2. The number of nitrogens with two attached hydrogens (primary N) is 1. The van der Waals surface area contributed by atoms with Gasteiger partial charge in [0, 0.05) is 30.9 Å². The number of anilines is 4. The van der Waals surface area contributed by atoms with Crippen molar-refractivity contribution in [3.8, 4) is 11.4 Å². The summed E-state index contributed by atoms with van der Waals surface area (Å²) in [5.74, 6) is 1.91. The van der Waals surface area contributed by atoms with Gasteiger partial charge in [-0.1, -0.05) is 0 Å². The zero-order valence-corrected chi connectivity index (χ0v) is 19.9. The van der Waals surface area contributed by atoms with E-state index in [1.807, 2.05) is 35.1 Å². The lowest BCUT2D eigenvalue weighted by molar-refractivity contribution is 0.0303. The van der Waals surface area contributed by atoms with Crippen LogP contribution < -0.4 is 21.3 Å². The standard InChI is InChI=1S/C25H27N9O2/c1-2-34-24-20(12-28-34)23(33-13-18-8-9-19(14-33)36-18)31-22(32-24)15-3-5-16(6-4-15)29-25(35)30-17-7-10-21(26)27-11-17/h3-7,10-12,18-19H,2,8-9,13-14H2,1H3,(H2,26,27)(H2,29,30,35). The average molecular weight is 486 g/mol. The Labute approximate surface area is 207 Å². The van der Waals surface area contributed by atoms with Crippen molar-refractivity contribution < 1.29 is 9.53 Å². The number of benzene rings is 1. The van der Waals surface area contributed by atoms with Gasteiger partial charge in [-0.25, -0.2) is 24.4 Å². The van der Waals surface area contributed by atoms with E-state index in [-0.39, 0.29) is 18.2 Å². The van der Waals surface area contributed by atoms with Crippen LogP contribution in [-0.4, -0.2) is 56.1 Å². The zero-order chi connectivity index (χ0) is 24.6. The number of carbonyl (C=O) groups is 1. The maximum Gasteiger partial charge on any atom is 0.323 e. The molecule has 2 bridgehead atoms. The Bertz CT molecular complexity index is 1390. The predicted molar refractivity (Wildman–Crippen MR) is 138 cm³/mol. The Morgan fingerprint density at radius 3 is 2.44 bits per heavy atom. The SMILES string of the molecule is CCn1ncc2c(N3CC4CCC(C3)O4)nc(-c3ccc(NC(=O)Nc4ccc(N)nc4)cc3)nc21. The van der Waals surface area contributed by atoms with Crippen LogP contribution in [0.4, 0.5) is 27.8 Å². The second-order valence-electron chi connectivity index (χ2n) is 9.06. The Hall–Kier alpha value is -4.25. The second kappa shape index (κ2) is 9.08. The number of ether oxygens (including phenoxy) is 1. The van der Waals surface area contributed by atoms with Crippen LogP contribution in [0.5, 0.6) is 0 Å². The van der Waals surface area contributed by atoms with Crippen LogP contribution in [0.1, 0.15) is 19.8 Å². The number of aryl methyl sites for hydroxylation is 1. The van der Waals surface area contributed by atoms with Crippen molar-refractivity contribution >= 4 is 40.1 Å². The zero-order valence-electron chi connectivity index (χ0n) is 19.9. The number of pyridine rings is 1. The van der Waals surface area contributed by atoms with Crippen LogP contribution >= 0.6 is 0 Å². The molecule has 0 radical (unpaired) electrons. The highest BCUT2D eigenvalue weighted by molar-refractivity contribution is 5.99. The molecular weight excluding hydrogens is 458 g/mol. The van der Waals surface area contributed by atoms with E-state index in [1.54, 1.807) is 12.1 Å². The van der Waals surface area contributed by atoms with E-state index in [0.717, 1.165) is 54.9 Å². The number of aromatic nitrogens is 5. The fourth-order valence-corrected chi connectivity index (χ4v) is 4.81. The minimum atomic E-state index is -0.372. The van der Waals surface area contributed by atoms with Crippen LogP contribution in [-0.2, 0) is 11.3 Å². The molecule has 2 aliphatic heterocycles. The van der Waals surface area contributed by atoms with E-state index in [0.29, 0.717) is 23.0 Å². The molecule has 4 aromatic rings. The van der Waals surface area contributed by atoms with Gasteiger partial charge in [0.2, 0.25) is 0 Å². The molecule has 11 heteroatoms. The molecule has 0 saturated carbocycles. The van der Waals surface area contributed by atoms with E-state index in [4.69, 9.17) is 20.4 Å². The summed E-state index contributed by atoms with van der Waals surface area (Å²) in [5.41, 5.74) is 8.45. The smallest absolute Gasteiger partial charge is 0.323 e. The van der Waals surface area contributed by atoms with Crippen molar-refractivity contribution in [1.29, 1.82) is 0 Å². The maximum atomic E-state index is 12.4. The van der Waals surface area contributed by atoms with Crippen LogP contribution in [0.2, 0.25) is 0 Å². The molecular formula is C25H27N9O2. The molecule has 36 heavy (non-hydrogen) atoms. The number of nitrogen functional groups attached to an aromatic ring is 1. The summed E-state index contributed by atoms with van der Waals surface area (Å²) in [6.07, 6.45) is 6.04. The van der Waals surface area contributed by atoms with Gasteiger partial charge in [-0.2, -0.15) is 5.10 Å². The van der Waals surface area contributed by atoms with Gasteiger partial charge in [0.25, 0.3) is 0 Å². The molecule has 2 aliphatic rings. The van der Waals surface area contributed by atoms with Crippen molar-refractivity contribution in [2.45, 2.75) is 38.5 Å². The van der Waals surface area contributed by atoms with E-state index < -0.39 is 0 Å². The summed E-state index contributed by atoms with van der Waals surface area (Å²) in [4.78, 5) is 28.5. The van der Waals surface area contributed by atoms with Crippen molar-refractivity contribution in [2.75, 3.05) is 34.4 Å². The number of hydrogen-bond acceptors (Lipinski definition) is 8. The van der Waals surface area contributed by atoms with Gasteiger partial charge < -0.3 is 26.0 Å². The number of urea groups is 1. The van der Waals surface area contributed by atoms with E-state index in [9.17, 15) is 4.79 Å². The van der Waals surface area contributed by atoms with Gasteiger partial charge in [0.15, 0.2) is 11.5 Å². The van der Waals surface area contributed by atoms with Gasteiger partial charge >= 0.3 is 6.03 Å². The number of carbonyl (C=O) groups excluding carboxylic acids is 1. The number of fused-ring (bicyclic) bond motifs is 3. The van der Waals surface area contributed by atoms with Crippen LogP contribution in [0.15, 0.2) is 48.8 Å². The Kier molecular flexibility index (Phi) is 5.61. The first kappa shape index (κ1) is 22.2. The fourth-order valence-electron chi connectivity index (χ4n) is 4.81. The summed E-state index contributed by atoms with van der Waals surface area (Å²) in [6, 6.07) is 10.4. The molecule has 2 amide bonds. The minimum Gasteiger partial charge on any atom is -0.384 e. The molecule has 4 N–H and O–H groups in total. The van der Waals surface area contributed by atoms with E-state index in [1.165, 1.54) is 6.20 Å². The van der Waals surface area contributed by atoms with Gasteiger partial charge in [-0.15, -0.1) is 0 Å². The van der Waals surface area contributed by atoms with Gasteiger partial charge in [0.1, 0.15) is 11.6 Å². The molecule has 2 atom stereocenters. The summed E-state index contributed by atoms with van der Waals surface area (Å²) >= 11 is 0. The third kappa shape index (κ3) is 4.29. The molecule has 1 aromatic carbocycles. The highest BCUT2D eigenvalue weighted by Crippen LogP contribution is 2.33. The molecule has 0 spiro atoms. The third-order valence-corrected chi connectivity index (χ3v) is 6.56. The lowest BCUT2D eigenvalue weighted by Gasteiger charge is -2.33. The van der Waals surface area contributed by atoms with Crippen molar-refractivity contribution in [2.24, 2.45) is 0 Å². The van der Waals surface area contributed by atoms with Crippen molar-refractivity contribution in [1.82, 2.24) is 24.7 Å². The molecule has 2 unspecified atom stereocenters. The van der Waals surface area contributed by atoms with Crippen LogP contribution in [0.3, 0.4) is 0 Å². The first-order chi connectivity index (χ1) is 17.6. The Balaban J connectivity index is 1.26. The second-order valence-corrected chi connectivity index (χ2v) is 9.06. The molecule has 3 aromatic heterocycles. The highest BCUT2D eigenvalue weighted by Gasteiger charge is 2.35. The summed E-state index contributed by atoms with van der Waals surface area (Å²) in [7, 11) is 0. The average Bonchev–Trinajstić information content (AvgIpc) is 3.46. The predicted octanol–water partition coefficient (Wildman–Crippen LogP) is 3.50. The quantitative estimate of drug-likeness (QED) is 0.391. The van der Waals surface area contributed by atoms with Crippen molar-refractivity contribution in [3.05, 3.63) is 48.8 Å². The molecule has 184 valence electrons. The van der Waals surface area contributed by atoms with Gasteiger partial charge in [0.05, 0.1) is 35.7 Å². The van der Waals surface area contributed by atoms with Crippen molar-refractivity contribution in [3.63, 3.8) is 0 Å². The summed E-state index contributed by atoms with van der Waals surface area (Å²) < 4.78 is 7.93. The van der Waals surface area contributed by atoms with Crippen LogP contribution in [0, 0.1) is 0 Å². The molecule has 2 fully saturated rings. The number of nitrogens with one attached hydrogen (secondary N) is 2. The monoisotopic (exact) mass is 485 g/mol. The third-order valence-electron chi connectivity index (χ3n) is 6.56.